The van der Waals surface area contributed by atoms with E-state index >= 15 is 0 Å². The van der Waals surface area contributed by atoms with Crippen LogP contribution in [-0.4, -0.2) is 17.4 Å². The number of nitriles is 2. The van der Waals surface area contributed by atoms with Gasteiger partial charge in [0.05, 0.1) is 11.6 Å². The second-order valence-corrected chi connectivity index (χ2v) is 7.10. The zero-order valence-corrected chi connectivity index (χ0v) is 15.2. The summed E-state index contributed by atoms with van der Waals surface area (Å²) in [5, 5.41) is 17.6. The van der Waals surface area contributed by atoms with Crippen molar-refractivity contribution in [2.24, 2.45) is 10.9 Å². The highest BCUT2D eigenvalue weighted by Gasteiger charge is 2.32. The Morgan fingerprint density at radius 3 is 2.38 bits per heavy atom. The molecule has 0 bridgehead atoms. The lowest BCUT2D eigenvalue weighted by molar-refractivity contribution is -0.119. The molecule has 0 N–H and O–H groups in total. The lowest BCUT2D eigenvalue weighted by Gasteiger charge is -2.15. The van der Waals surface area contributed by atoms with Crippen molar-refractivity contribution < 1.29 is 9.59 Å². The van der Waals surface area contributed by atoms with Gasteiger partial charge in [0.25, 0.3) is 5.91 Å². The van der Waals surface area contributed by atoms with Crippen LogP contribution in [0, 0.1) is 28.6 Å². The molecule has 5 heteroatoms. The molecule has 1 unspecified atom stereocenters. The van der Waals surface area contributed by atoms with Gasteiger partial charge >= 0.3 is 0 Å². The molecule has 1 heterocycles. The molecule has 26 heavy (non-hydrogen) atoms. The lowest BCUT2D eigenvalue weighted by Crippen LogP contribution is -2.20. The molecule has 1 atom stereocenters. The van der Waals surface area contributed by atoms with Crippen LogP contribution in [0.3, 0.4) is 0 Å². The molecule has 4 aliphatic rings. The zero-order chi connectivity index (χ0) is 18.8. The van der Waals surface area contributed by atoms with E-state index < -0.39 is 5.92 Å². The number of Topliss-reactive ketones (excluding diaryl/α,β-unsaturated/α-hetero) is 1. The zero-order valence-electron chi connectivity index (χ0n) is 15.2. The van der Waals surface area contributed by atoms with Crippen molar-refractivity contribution in [3.63, 3.8) is 0 Å². The third-order valence-corrected chi connectivity index (χ3v) is 5.62. The first kappa shape index (κ1) is 18.0. The largest absolute Gasteiger partial charge is 0.293 e. The highest BCUT2D eigenvalue weighted by molar-refractivity contribution is 6.10. The van der Waals surface area contributed by atoms with Gasteiger partial charge in [-0.05, 0) is 74.7 Å². The van der Waals surface area contributed by atoms with Crippen LogP contribution in [0.25, 0.3) is 0 Å². The fourth-order valence-electron chi connectivity index (χ4n) is 4.32. The van der Waals surface area contributed by atoms with Crippen LogP contribution in [0.5, 0.6) is 0 Å². The molecule has 0 aromatic carbocycles. The summed E-state index contributed by atoms with van der Waals surface area (Å²) < 4.78 is 0. The van der Waals surface area contributed by atoms with Crippen LogP contribution >= 0.6 is 0 Å². The van der Waals surface area contributed by atoms with Crippen molar-refractivity contribution in [2.45, 2.75) is 58.8 Å². The summed E-state index contributed by atoms with van der Waals surface area (Å²) in [6, 6.07) is 4.04. The second kappa shape index (κ2) is 7.22. The van der Waals surface area contributed by atoms with Crippen molar-refractivity contribution in [3.05, 3.63) is 33.4 Å². The number of carbonyl (C=O) groups excluding carboxylic acids is 2. The number of ketones is 1. The fraction of sp³-hybridized carbons (Fsp3) is 0.476. The minimum Gasteiger partial charge on any atom is -0.293 e. The Bertz CT molecular complexity index is 899. The molecule has 1 aliphatic heterocycles. The van der Waals surface area contributed by atoms with Crippen molar-refractivity contribution in [3.8, 4) is 12.1 Å². The number of hydrogen-bond donors (Lipinski definition) is 0. The quantitative estimate of drug-likeness (QED) is 0.664. The Morgan fingerprint density at radius 2 is 1.69 bits per heavy atom. The number of aliphatic imine (C=N–C) groups is 1. The van der Waals surface area contributed by atoms with Gasteiger partial charge in [0.2, 0.25) is 0 Å². The molecule has 5 nitrogen and oxygen atoms in total. The van der Waals surface area contributed by atoms with Gasteiger partial charge in [-0.1, -0.05) is 5.57 Å². The van der Waals surface area contributed by atoms with Gasteiger partial charge in [0, 0.05) is 12.1 Å². The average Bonchev–Trinajstić information content (AvgIpc) is 3.25. The van der Waals surface area contributed by atoms with Crippen molar-refractivity contribution in [1.82, 2.24) is 0 Å². The number of carbonyl (C=O) groups is 2. The maximum atomic E-state index is 11.5. The standard InChI is InChI=1S/C11H11NO.C10H10N2O/c1-7-9-4-2-3-8(9)5-11(13)10(7)6-12;1-6-7-3-2-4-8(7)9(5-11)10(13)12-6/h2-5H2,1H3;9H,2-4H2,1H3. The van der Waals surface area contributed by atoms with E-state index in [1.165, 1.54) is 11.1 Å². The number of nitrogens with zero attached hydrogens (tertiary/aromatic N) is 3. The topological polar surface area (TPSA) is 94.1 Å². The Labute approximate surface area is 153 Å². The molecule has 0 spiro atoms. The van der Waals surface area contributed by atoms with Gasteiger partial charge in [0.1, 0.15) is 12.0 Å². The van der Waals surface area contributed by atoms with Crippen molar-refractivity contribution in [2.75, 3.05) is 0 Å². The molecular weight excluding hydrogens is 326 g/mol. The van der Waals surface area contributed by atoms with E-state index in [2.05, 4.69) is 4.99 Å². The number of rotatable bonds is 0. The molecule has 0 radical (unpaired) electrons. The average molecular weight is 347 g/mol. The van der Waals surface area contributed by atoms with Gasteiger partial charge in [0.15, 0.2) is 5.78 Å². The van der Waals surface area contributed by atoms with E-state index in [1.54, 1.807) is 0 Å². The second-order valence-electron chi connectivity index (χ2n) is 7.10. The first-order valence-corrected chi connectivity index (χ1v) is 9.04. The first-order chi connectivity index (χ1) is 12.5. The summed E-state index contributed by atoms with van der Waals surface area (Å²) in [6.45, 7) is 3.75. The molecule has 0 saturated heterocycles. The Morgan fingerprint density at radius 1 is 1.00 bits per heavy atom. The van der Waals surface area contributed by atoms with Gasteiger partial charge < -0.3 is 0 Å². The van der Waals surface area contributed by atoms with E-state index in [4.69, 9.17) is 10.5 Å². The monoisotopic (exact) mass is 347 g/mol. The van der Waals surface area contributed by atoms with Crippen LogP contribution in [0.15, 0.2) is 38.4 Å². The Hall–Kier alpha value is -2.79. The van der Waals surface area contributed by atoms with E-state index in [9.17, 15) is 9.59 Å². The van der Waals surface area contributed by atoms with Crippen LogP contribution < -0.4 is 0 Å². The van der Waals surface area contributed by atoms with Crippen LogP contribution in [0.4, 0.5) is 0 Å². The summed E-state index contributed by atoms with van der Waals surface area (Å²) >= 11 is 0. The molecule has 0 aromatic rings. The van der Waals surface area contributed by atoms with Crippen molar-refractivity contribution in [1.29, 1.82) is 10.5 Å². The molecule has 0 aromatic heterocycles. The maximum absolute atomic E-state index is 11.5. The molecule has 0 saturated carbocycles. The minimum atomic E-state index is -0.582. The lowest BCUT2D eigenvalue weighted by atomic mass is 9.88. The normalized spacial score (nSPS) is 24.5. The smallest absolute Gasteiger partial charge is 0.267 e. The van der Waals surface area contributed by atoms with Crippen LogP contribution in [0.1, 0.15) is 58.8 Å². The molecule has 3 aliphatic carbocycles. The summed E-state index contributed by atoms with van der Waals surface area (Å²) in [7, 11) is 0. The molecule has 132 valence electrons. The molecular formula is C21H21N3O2. The molecule has 0 fully saturated rings. The molecule has 1 amide bonds. The predicted molar refractivity (Wildman–Crippen MR) is 96.9 cm³/mol. The first-order valence-electron chi connectivity index (χ1n) is 9.04. The number of allylic oxidation sites excluding steroid dienone is 5. The third kappa shape index (κ3) is 3.06. The highest BCUT2D eigenvalue weighted by Crippen LogP contribution is 2.38. The maximum Gasteiger partial charge on any atom is 0.267 e. The Balaban J connectivity index is 0.000000151. The van der Waals surface area contributed by atoms with E-state index in [0.717, 1.165) is 61.0 Å². The third-order valence-electron chi connectivity index (χ3n) is 5.62. The predicted octanol–water partition coefficient (Wildman–Crippen LogP) is 3.89. The molecule has 4 rings (SSSR count). The highest BCUT2D eigenvalue weighted by atomic mass is 16.1. The van der Waals surface area contributed by atoms with Gasteiger partial charge in [-0.25, -0.2) is 4.99 Å². The van der Waals surface area contributed by atoms with Gasteiger partial charge in [-0.3, -0.25) is 9.59 Å². The van der Waals surface area contributed by atoms with Crippen molar-refractivity contribution >= 4 is 17.4 Å². The number of dihydropyridines is 1. The van der Waals surface area contributed by atoms with E-state index in [0.29, 0.717) is 12.0 Å². The van der Waals surface area contributed by atoms with Crippen LogP contribution in [0.2, 0.25) is 0 Å². The SMILES string of the molecule is CC1=C(C#N)C(=O)CC2=C1CCC2.CC1=NC(=O)C(C#N)C2=C1CCC2. The van der Waals surface area contributed by atoms with Crippen LogP contribution in [-0.2, 0) is 9.59 Å². The minimum absolute atomic E-state index is 0.0145. The summed E-state index contributed by atoms with van der Waals surface area (Å²) in [6.07, 6.45) is 6.69. The Kier molecular flexibility index (Phi) is 5.00. The number of amides is 1. The van der Waals surface area contributed by atoms with E-state index in [1.807, 2.05) is 26.0 Å². The fourth-order valence-corrected chi connectivity index (χ4v) is 4.32. The summed E-state index contributed by atoms with van der Waals surface area (Å²) in [5.74, 6) is -0.845. The van der Waals surface area contributed by atoms with Gasteiger partial charge in [-0.15, -0.1) is 0 Å². The van der Waals surface area contributed by atoms with E-state index in [-0.39, 0.29) is 11.7 Å². The van der Waals surface area contributed by atoms with Gasteiger partial charge in [-0.2, -0.15) is 10.5 Å². The summed E-state index contributed by atoms with van der Waals surface area (Å²) in [4.78, 5) is 26.7. The number of hydrogen-bond acceptors (Lipinski definition) is 4. The summed E-state index contributed by atoms with van der Waals surface area (Å²) in [5.41, 5.74) is 6.90.